The Hall–Kier alpha value is -1.26. The molecule has 0 spiro atoms. The van der Waals surface area contributed by atoms with Crippen molar-refractivity contribution in [2.24, 2.45) is 0 Å². The molecule has 72 valence electrons. The third-order valence-corrected chi connectivity index (χ3v) is 2.59. The summed E-state index contributed by atoms with van der Waals surface area (Å²) in [4.78, 5) is 17.7. The fourth-order valence-electron chi connectivity index (χ4n) is 1.19. The number of nitrogens with zero attached hydrogens (tertiary/aromatic N) is 1. The Morgan fingerprint density at radius 2 is 2.07 bits per heavy atom. The predicted octanol–water partition coefficient (Wildman–Crippen LogP) is 1.81. The highest BCUT2D eigenvalue weighted by Crippen LogP contribution is 2.27. The van der Waals surface area contributed by atoms with Crippen LogP contribution in [0, 0.1) is 0 Å². The number of nitrogen functional groups attached to an aromatic ring is 1. The molecule has 1 heterocycles. The molecule has 0 saturated carbocycles. The van der Waals surface area contributed by atoms with Gasteiger partial charge in [-0.1, -0.05) is 23.2 Å². The standard InChI is InChI=1S/C8H5Cl2N3O/c9-3-1-2-4-5(6(3)10)7(14)13-8(11)12-4/h1-2H,(H3,11,12,13,14). The van der Waals surface area contributed by atoms with Gasteiger partial charge in [0.1, 0.15) is 0 Å². The lowest BCUT2D eigenvalue weighted by Crippen LogP contribution is -2.11. The molecule has 0 atom stereocenters. The summed E-state index contributed by atoms with van der Waals surface area (Å²) in [6.45, 7) is 0. The van der Waals surface area contributed by atoms with Crippen LogP contribution in [-0.2, 0) is 0 Å². The largest absolute Gasteiger partial charge is 0.369 e. The number of aromatic nitrogens is 2. The Bertz CT molecular complexity index is 564. The summed E-state index contributed by atoms with van der Waals surface area (Å²) in [5, 5.41) is 0.766. The Labute approximate surface area is 88.7 Å². The van der Waals surface area contributed by atoms with Crippen molar-refractivity contribution in [3.8, 4) is 0 Å². The van der Waals surface area contributed by atoms with Gasteiger partial charge in [-0.3, -0.25) is 9.78 Å². The van der Waals surface area contributed by atoms with Crippen LogP contribution in [0.1, 0.15) is 0 Å². The lowest BCUT2D eigenvalue weighted by atomic mass is 10.2. The van der Waals surface area contributed by atoms with Crippen molar-refractivity contribution in [1.29, 1.82) is 0 Å². The van der Waals surface area contributed by atoms with Crippen molar-refractivity contribution in [3.05, 3.63) is 32.5 Å². The van der Waals surface area contributed by atoms with Crippen LogP contribution < -0.4 is 11.3 Å². The number of rotatable bonds is 0. The molecular weight excluding hydrogens is 225 g/mol. The van der Waals surface area contributed by atoms with E-state index in [1.807, 2.05) is 0 Å². The highest BCUT2D eigenvalue weighted by Gasteiger charge is 2.08. The maximum absolute atomic E-state index is 11.5. The zero-order valence-corrected chi connectivity index (χ0v) is 8.36. The molecular formula is C8H5Cl2N3O. The van der Waals surface area contributed by atoms with Crippen molar-refractivity contribution in [2.45, 2.75) is 0 Å². The zero-order chi connectivity index (χ0) is 10.3. The second-order valence-corrected chi connectivity index (χ2v) is 3.49. The smallest absolute Gasteiger partial charge is 0.261 e. The summed E-state index contributed by atoms with van der Waals surface area (Å²) in [6, 6.07) is 3.16. The van der Waals surface area contributed by atoms with Crippen LogP contribution in [0.15, 0.2) is 16.9 Å². The summed E-state index contributed by atoms with van der Waals surface area (Å²) in [5.41, 5.74) is 5.41. The summed E-state index contributed by atoms with van der Waals surface area (Å²) < 4.78 is 0. The Kier molecular flexibility index (Phi) is 2.09. The van der Waals surface area contributed by atoms with Crippen LogP contribution in [0.5, 0.6) is 0 Å². The van der Waals surface area contributed by atoms with Crippen LogP contribution in [0.25, 0.3) is 10.9 Å². The van der Waals surface area contributed by atoms with Crippen molar-refractivity contribution in [1.82, 2.24) is 9.97 Å². The van der Waals surface area contributed by atoms with Crippen LogP contribution in [0.3, 0.4) is 0 Å². The van der Waals surface area contributed by atoms with Gasteiger partial charge in [0.05, 0.1) is 20.9 Å². The van der Waals surface area contributed by atoms with Crippen molar-refractivity contribution >= 4 is 40.1 Å². The molecule has 14 heavy (non-hydrogen) atoms. The summed E-state index contributed by atoms with van der Waals surface area (Å²) in [6.07, 6.45) is 0. The van der Waals surface area contributed by atoms with Crippen LogP contribution in [-0.4, -0.2) is 9.97 Å². The minimum atomic E-state index is -0.389. The number of nitrogens with one attached hydrogen (secondary N) is 1. The third-order valence-electron chi connectivity index (χ3n) is 1.78. The molecule has 2 rings (SSSR count). The van der Waals surface area contributed by atoms with Gasteiger partial charge in [-0.15, -0.1) is 0 Å². The number of hydrogen-bond acceptors (Lipinski definition) is 3. The Balaban J connectivity index is 3.03. The van der Waals surface area contributed by atoms with Crippen LogP contribution in [0.4, 0.5) is 5.95 Å². The minimum absolute atomic E-state index is 0.0564. The molecule has 0 fully saturated rings. The molecule has 2 aromatic rings. The first-order valence-corrected chi connectivity index (χ1v) is 4.48. The predicted molar refractivity (Wildman–Crippen MR) is 56.8 cm³/mol. The van der Waals surface area contributed by atoms with E-state index in [4.69, 9.17) is 28.9 Å². The monoisotopic (exact) mass is 229 g/mol. The average molecular weight is 230 g/mol. The number of H-pyrrole nitrogens is 1. The van der Waals surface area contributed by atoms with Gasteiger partial charge in [-0.25, -0.2) is 4.98 Å². The summed E-state index contributed by atoms with van der Waals surface area (Å²) in [5.74, 6) is 0.0564. The second-order valence-electron chi connectivity index (χ2n) is 2.71. The van der Waals surface area contributed by atoms with Crippen LogP contribution in [0.2, 0.25) is 10.0 Å². The number of fused-ring (bicyclic) bond motifs is 1. The molecule has 0 saturated heterocycles. The first-order valence-electron chi connectivity index (χ1n) is 3.73. The van der Waals surface area contributed by atoms with Crippen molar-refractivity contribution < 1.29 is 0 Å². The van der Waals surface area contributed by atoms with E-state index in [2.05, 4.69) is 9.97 Å². The van der Waals surface area contributed by atoms with Crippen LogP contribution >= 0.6 is 23.2 Å². The summed E-state index contributed by atoms with van der Waals surface area (Å²) in [7, 11) is 0. The highest BCUT2D eigenvalue weighted by atomic mass is 35.5. The fourth-order valence-corrected chi connectivity index (χ4v) is 1.59. The molecule has 6 heteroatoms. The maximum atomic E-state index is 11.5. The van der Waals surface area contributed by atoms with Gasteiger partial charge >= 0.3 is 0 Å². The topological polar surface area (TPSA) is 71.8 Å². The van der Waals surface area contributed by atoms with Gasteiger partial charge in [-0.2, -0.15) is 0 Å². The number of anilines is 1. The second kappa shape index (κ2) is 3.15. The lowest BCUT2D eigenvalue weighted by Gasteiger charge is -2.01. The third kappa shape index (κ3) is 1.32. The van der Waals surface area contributed by atoms with E-state index in [9.17, 15) is 4.79 Å². The summed E-state index contributed by atoms with van der Waals surface area (Å²) >= 11 is 11.6. The maximum Gasteiger partial charge on any atom is 0.261 e. The van der Waals surface area contributed by atoms with Gasteiger partial charge in [0.15, 0.2) is 0 Å². The van der Waals surface area contributed by atoms with Gasteiger partial charge in [0.25, 0.3) is 5.56 Å². The number of benzene rings is 1. The quantitative estimate of drug-likeness (QED) is 0.724. The van der Waals surface area contributed by atoms with Crippen molar-refractivity contribution in [3.63, 3.8) is 0 Å². The molecule has 0 aliphatic carbocycles. The fraction of sp³-hybridized carbons (Fsp3) is 0. The average Bonchev–Trinajstić information content (AvgIpc) is 2.10. The minimum Gasteiger partial charge on any atom is -0.369 e. The van der Waals surface area contributed by atoms with E-state index in [1.165, 1.54) is 0 Å². The van der Waals surface area contributed by atoms with E-state index in [1.54, 1.807) is 12.1 Å². The highest BCUT2D eigenvalue weighted by molar-refractivity contribution is 6.45. The van der Waals surface area contributed by atoms with E-state index >= 15 is 0 Å². The zero-order valence-electron chi connectivity index (χ0n) is 6.84. The van der Waals surface area contributed by atoms with E-state index in [0.717, 1.165) is 0 Å². The molecule has 0 bridgehead atoms. The molecule has 1 aromatic heterocycles. The van der Waals surface area contributed by atoms with Gasteiger partial charge in [-0.05, 0) is 12.1 Å². The number of aromatic amines is 1. The number of hydrogen-bond donors (Lipinski definition) is 2. The Morgan fingerprint density at radius 1 is 1.36 bits per heavy atom. The van der Waals surface area contributed by atoms with E-state index < -0.39 is 0 Å². The molecule has 0 radical (unpaired) electrons. The normalized spacial score (nSPS) is 10.7. The molecule has 0 aliphatic heterocycles. The SMILES string of the molecule is Nc1nc2ccc(Cl)c(Cl)c2c(=O)[nH]1. The molecule has 3 N–H and O–H groups in total. The molecule has 0 unspecified atom stereocenters. The molecule has 0 amide bonds. The van der Waals surface area contributed by atoms with E-state index in [0.29, 0.717) is 10.5 Å². The lowest BCUT2D eigenvalue weighted by molar-refractivity contribution is 1.19. The Morgan fingerprint density at radius 3 is 2.79 bits per heavy atom. The number of halogens is 2. The number of nitrogens with two attached hydrogens (primary N) is 1. The molecule has 0 aliphatic rings. The molecule has 4 nitrogen and oxygen atoms in total. The first-order chi connectivity index (χ1) is 6.59. The van der Waals surface area contributed by atoms with Gasteiger partial charge < -0.3 is 5.73 Å². The first kappa shape index (κ1) is 9.30. The van der Waals surface area contributed by atoms with E-state index in [-0.39, 0.29) is 21.9 Å². The van der Waals surface area contributed by atoms with Gasteiger partial charge in [0, 0.05) is 0 Å². The van der Waals surface area contributed by atoms with Gasteiger partial charge in [0.2, 0.25) is 5.95 Å². The molecule has 1 aromatic carbocycles. The van der Waals surface area contributed by atoms with Crippen molar-refractivity contribution in [2.75, 3.05) is 5.73 Å².